The number of benzene rings is 1. The van der Waals surface area contributed by atoms with Crippen LogP contribution in [0.4, 0.5) is 11.4 Å². The second-order valence-electron chi connectivity index (χ2n) is 4.01. The Morgan fingerprint density at radius 2 is 2.21 bits per heavy atom. The summed E-state index contributed by atoms with van der Waals surface area (Å²) in [5, 5.41) is 12.8. The summed E-state index contributed by atoms with van der Waals surface area (Å²) in [5.74, 6) is 0.807. The Bertz CT molecular complexity index is 611. The molecular weight excluding hydrogens is 244 g/mol. The maximum Gasteiger partial charge on any atom is 0.230 e. The zero-order valence-corrected chi connectivity index (χ0v) is 10.0. The molecule has 0 saturated carbocycles. The maximum atomic E-state index is 9.61. The van der Waals surface area contributed by atoms with Gasteiger partial charge in [0.25, 0.3) is 0 Å². The van der Waals surface area contributed by atoms with Gasteiger partial charge in [-0.3, -0.25) is 4.98 Å². The summed E-state index contributed by atoms with van der Waals surface area (Å²) >= 11 is 0. The van der Waals surface area contributed by atoms with Gasteiger partial charge in [0.05, 0.1) is 17.6 Å². The van der Waals surface area contributed by atoms with Crippen molar-refractivity contribution < 1.29 is 14.6 Å². The SMILES string of the molecule is Oc1ccc(C2=COCO2)c(Nc2cccnc2)c1. The Balaban J connectivity index is 1.97. The number of phenols is 1. The first-order valence-corrected chi connectivity index (χ1v) is 5.78. The van der Waals surface area contributed by atoms with Crippen LogP contribution in [0.1, 0.15) is 5.56 Å². The third-order valence-corrected chi connectivity index (χ3v) is 2.68. The molecule has 0 unspecified atom stereocenters. The Morgan fingerprint density at radius 3 is 2.95 bits per heavy atom. The number of aromatic nitrogens is 1. The van der Waals surface area contributed by atoms with Crippen molar-refractivity contribution in [3.63, 3.8) is 0 Å². The highest BCUT2D eigenvalue weighted by Crippen LogP contribution is 2.32. The van der Waals surface area contributed by atoms with Crippen LogP contribution in [0.3, 0.4) is 0 Å². The highest BCUT2D eigenvalue weighted by atomic mass is 16.7. The van der Waals surface area contributed by atoms with Crippen molar-refractivity contribution in [2.75, 3.05) is 12.1 Å². The molecule has 1 aliphatic rings. The minimum absolute atomic E-state index is 0.176. The van der Waals surface area contributed by atoms with E-state index < -0.39 is 0 Å². The zero-order chi connectivity index (χ0) is 13.1. The molecule has 0 saturated heterocycles. The molecular formula is C14H12N2O3. The molecule has 0 spiro atoms. The van der Waals surface area contributed by atoms with E-state index in [2.05, 4.69) is 10.3 Å². The molecule has 5 nitrogen and oxygen atoms in total. The average Bonchev–Trinajstić information content (AvgIpc) is 2.94. The van der Waals surface area contributed by atoms with Crippen molar-refractivity contribution in [2.45, 2.75) is 0 Å². The van der Waals surface area contributed by atoms with Crippen LogP contribution < -0.4 is 5.32 Å². The summed E-state index contributed by atoms with van der Waals surface area (Å²) in [4.78, 5) is 4.03. The Kier molecular flexibility index (Phi) is 2.94. The lowest BCUT2D eigenvalue weighted by molar-refractivity contribution is 0.101. The number of rotatable bonds is 3. The van der Waals surface area contributed by atoms with Gasteiger partial charge in [0.2, 0.25) is 6.79 Å². The van der Waals surface area contributed by atoms with E-state index in [0.717, 1.165) is 16.9 Å². The average molecular weight is 256 g/mol. The van der Waals surface area contributed by atoms with E-state index in [1.807, 2.05) is 12.1 Å². The predicted molar refractivity (Wildman–Crippen MR) is 70.6 cm³/mol. The second kappa shape index (κ2) is 4.89. The topological polar surface area (TPSA) is 63.6 Å². The molecule has 96 valence electrons. The number of aromatic hydroxyl groups is 1. The molecule has 0 fully saturated rings. The Labute approximate surface area is 110 Å². The maximum absolute atomic E-state index is 9.61. The van der Waals surface area contributed by atoms with E-state index in [0.29, 0.717) is 5.76 Å². The number of nitrogens with zero attached hydrogens (tertiary/aromatic N) is 1. The molecule has 2 N–H and O–H groups in total. The van der Waals surface area contributed by atoms with Crippen molar-refractivity contribution in [3.8, 4) is 5.75 Å². The van der Waals surface area contributed by atoms with E-state index in [4.69, 9.17) is 9.47 Å². The van der Waals surface area contributed by atoms with Crippen LogP contribution >= 0.6 is 0 Å². The fourth-order valence-electron chi connectivity index (χ4n) is 1.83. The Morgan fingerprint density at radius 1 is 1.26 bits per heavy atom. The number of hydrogen-bond donors (Lipinski definition) is 2. The summed E-state index contributed by atoms with van der Waals surface area (Å²) in [7, 11) is 0. The summed E-state index contributed by atoms with van der Waals surface area (Å²) in [6, 6.07) is 8.73. The van der Waals surface area contributed by atoms with Gasteiger partial charge in [0.15, 0.2) is 5.76 Å². The van der Waals surface area contributed by atoms with Crippen molar-refractivity contribution in [2.24, 2.45) is 0 Å². The number of anilines is 2. The standard InChI is InChI=1S/C14H12N2O3/c17-11-3-4-12(14-8-18-9-19-14)13(6-11)16-10-2-1-5-15-7-10/h1-8,16-17H,9H2. The molecule has 0 amide bonds. The van der Waals surface area contributed by atoms with E-state index >= 15 is 0 Å². The van der Waals surface area contributed by atoms with Crippen molar-refractivity contribution >= 4 is 17.1 Å². The van der Waals surface area contributed by atoms with Crippen molar-refractivity contribution in [1.29, 1.82) is 0 Å². The largest absolute Gasteiger partial charge is 0.508 e. The highest BCUT2D eigenvalue weighted by molar-refractivity contribution is 5.77. The van der Waals surface area contributed by atoms with Crippen LogP contribution in [0.2, 0.25) is 0 Å². The van der Waals surface area contributed by atoms with Crippen LogP contribution in [0.5, 0.6) is 5.75 Å². The number of nitrogens with one attached hydrogen (secondary N) is 1. The quantitative estimate of drug-likeness (QED) is 0.884. The van der Waals surface area contributed by atoms with Gasteiger partial charge in [-0.25, -0.2) is 0 Å². The van der Waals surface area contributed by atoms with Crippen molar-refractivity contribution in [1.82, 2.24) is 4.98 Å². The fraction of sp³-hybridized carbons (Fsp3) is 0.0714. The molecule has 3 rings (SSSR count). The molecule has 1 aliphatic heterocycles. The zero-order valence-electron chi connectivity index (χ0n) is 10.0. The molecule has 1 aromatic heterocycles. The van der Waals surface area contributed by atoms with Crippen LogP contribution in [-0.4, -0.2) is 16.9 Å². The van der Waals surface area contributed by atoms with Gasteiger partial charge in [-0.15, -0.1) is 0 Å². The van der Waals surface area contributed by atoms with Gasteiger partial charge in [0.1, 0.15) is 12.0 Å². The van der Waals surface area contributed by atoms with Gasteiger partial charge in [0, 0.05) is 17.8 Å². The van der Waals surface area contributed by atoms with Crippen LogP contribution in [0, 0.1) is 0 Å². The molecule has 2 heterocycles. The molecule has 0 atom stereocenters. The highest BCUT2D eigenvalue weighted by Gasteiger charge is 2.14. The first kappa shape index (κ1) is 11.4. The summed E-state index contributed by atoms with van der Waals surface area (Å²) in [6.07, 6.45) is 4.96. The monoisotopic (exact) mass is 256 g/mol. The smallest absolute Gasteiger partial charge is 0.230 e. The van der Waals surface area contributed by atoms with Gasteiger partial charge in [-0.2, -0.15) is 0 Å². The molecule has 5 heteroatoms. The third kappa shape index (κ3) is 2.44. The van der Waals surface area contributed by atoms with E-state index in [1.54, 1.807) is 36.9 Å². The number of ether oxygens (including phenoxy) is 2. The first-order valence-electron chi connectivity index (χ1n) is 5.78. The van der Waals surface area contributed by atoms with Crippen LogP contribution in [-0.2, 0) is 9.47 Å². The fourth-order valence-corrected chi connectivity index (χ4v) is 1.83. The van der Waals surface area contributed by atoms with Crippen LogP contribution in [0.15, 0.2) is 49.0 Å². The predicted octanol–water partition coefficient (Wildman–Crippen LogP) is 2.83. The van der Waals surface area contributed by atoms with E-state index in [9.17, 15) is 5.11 Å². The molecule has 0 aliphatic carbocycles. The van der Waals surface area contributed by atoms with Crippen LogP contribution in [0.25, 0.3) is 5.76 Å². The van der Waals surface area contributed by atoms with Crippen molar-refractivity contribution in [3.05, 3.63) is 54.6 Å². The first-order chi connectivity index (χ1) is 9.33. The third-order valence-electron chi connectivity index (χ3n) is 2.68. The lowest BCUT2D eigenvalue weighted by Crippen LogP contribution is -1.96. The molecule has 0 bridgehead atoms. The number of phenolic OH excluding ortho intramolecular Hbond substituents is 1. The van der Waals surface area contributed by atoms with Gasteiger partial charge >= 0.3 is 0 Å². The number of pyridine rings is 1. The summed E-state index contributed by atoms with van der Waals surface area (Å²) in [5.41, 5.74) is 2.37. The molecule has 1 aromatic carbocycles. The van der Waals surface area contributed by atoms with E-state index in [-0.39, 0.29) is 12.5 Å². The van der Waals surface area contributed by atoms with E-state index in [1.165, 1.54) is 0 Å². The Hall–Kier alpha value is -2.69. The van der Waals surface area contributed by atoms with Gasteiger partial charge < -0.3 is 19.9 Å². The van der Waals surface area contributed by atoms with Gasteiger partial charge in [-0.05, 0) is 24.3 Å². The summed E-state index contributed by atoms with van der Waals surface area (Å²) in [6.45, 7) is 0.211. The van der Waals surface area contributed by atoms with Gasteiger partial charge in [-0.1, -0.05) is 0 Å². The lowest BCUT2D eigenvalue weighted by atomic mass is 10.1. The minimum atomic E-state index is 0.176. The second-order valence-corrected chi connectivity index (χ2v) is 4.01. The molecule has 2 aromatic rings. The lowest BCUT2D eigenvalue weighted by Gasteiger charge is -2.12. The summed E-state index contributed by atoms with van der Waals surface area (Å²) < 4.78 is 10.4. The molecule has 19 heavy (non-hydrogen) atoms. The normalized spacial score (nSPS) is 13.4. The minimum Gasteiger partial charge on any atom is -0.508 e. The molecule has 0 radical (unpaired) electrons. The number of hydrogen-bond acceptors (Lipinski definition) is 5.